The minimum atomic E-state index is 0.829. The van der Waals surface area contributed by atoms with E-state index in [2.05, 4.69) is 32.9 Å². The molecule has 1 aliphatic carbocycles. The Labute approximate surface area is 70.7 Å². The maximum atomic E-state index is 2.43. The van der Waals surface area contributed by atoms with Gasteiger partial charge in [-0.2, -0.15) is 0 Å². The van der Waals surface area contributed by atoms with Crippen LogP contribution in [0.5, 0.6) is 0 Å². The van der Waals surface area contributed by atoms with Crippen molar-refractivity contribution in [3.05, 3.63) is 12.2 Å². The summed E-state index contributed by atoms with van der Waals surface area (Å²) in [7, 11) is 0. The zero-order valence-corrected chi connectivity index (χ0v) is 8.01. The van der Waals surface area contributed by atoms with Crippen LogP contribution in [0, 0.1) is 17.8 Å². The summed E-state index contributed by atoms with van der Waals surface area (Å²) in [5, 5.41) is 0. The van der Waals surface area contributed by atoms with E-state index in [9.17, 15) is 0 Å². The molecule has 0 heteroatoms. The fraction of sp³-hybridized carbons (Fsp3) is 0.818. The van der Waals surface area contributed by atoms with Crippen molar-refractivity contribution in [2.45, 2.75) is 40.0 Å². The lowest BCUT2D eigenvalue weighted by Gasteiger charge is -2.24. The molecule has 0 saturated heterocycles. The van der Waals surface area contributed by atoms with Gasteiger partial charge in [0.25, 0.3) is 0 Å². The molecule has 0 nitrogen and oxygen atoms in total. The Morgan fingerprint density at radius 2 is 2.09 bits per heavy atom. The lowest BCUT2D eigenvalue weighted by molar-refractivity contribution is 0.353. The average molecular weight is 152 g/mol. The Balaban J connectivity index is 2.43. The molecule has 0 heterocycles. The first-order valence-corrected chi connectivity index (χ1v) is 4.92. The van der Waals surface area contributed by atoms with Gasteiger partial charge in [-0.1, -0.05) is 39.3 Å². The van der Waals surface area contributed by atoms with Gasteiger partial charge in [0.05, 0.1) is 0 Å². The maximum absolute atomic E-state index is 2.43. The lowest BCUT2D eigenvalue weighted by Crippen LogP contribution is -2.13. The molecule has 0 radical (unpaired) electrons. The molecular weight excluding hydrogens is 132 g/mol. The van der Waals surface area contributed by atoms with Gasteiger partial charge >= 0.3 is 0 Å². The molecule has 1 aliphatic rings. The summed E-state index contributed by atoms with van der Waals surface area (Å²) in [6, 6.07) is 0. The number of hydrogen-bond acceptors (Lipinski definition) is 0. The van der Waals surface area contributed by atoms with Crippen LogP contribution in [0.2, 0.25) is 0 Å². The first-order chi connectivity index (χ1) is 5.24. The van der Waals surface area contributed by atoms with Crippen LogP contribution in [0.1, 0.15) is 40.0 Å². The minimum absolute atomic E-state index is 0.829. The van der Waals surface area contributed by atoms with Gasteiger partial charge in [0.15, 0.2) is 0 Å². The molecule has 0 amide bonds. The molecule has 11 heavy (non-hydrogen) atoms. The van der Waals surface area contributed by atoms with E-state index in [1.54, 1.807) is 0 Å². The normalized spacial score (nSPS) is 33.7. The van der Waals surface area contributed by atoms with Gasteiger partial charge in [-0.25, -0.2) is 0 Å². The topological polar surface area (TPSA) is 0 Å². The largest absolute Gasteiger partial charge is 0.0854 e. The summed E-state index contributed by atoms with van der Waals surface area (Å²) in [6.07, 6.45) is 8.95. The van der Waals surface area contributed by atoms with E-state index >= 15 is 0 Å². The molecular formula is C11H20. The molecule has 3 unspecified atom stereocenters. The van der Waals surface area contributed by atoms with Gasteiger partial charge in [0.1, 0.15) is 0 Å². The first kappa shape index (κ1) is 8.83. The molecule has 0 N–H and O–H groups in total. The standard InChI is InChI=1S/C11H20/c1-4-10(3)11-7-5-9(2)6-8-11/h5,7,9-11H,4,6,8H2,1-3H3. The summed E-state index contributed by atoms with van der Waals surface area (Å²) in [6.45, 7) is 6.96. The van der Waals surface area contributed by atoms with Crippen molar-refractivity contribution in [2.24, 2.45) is 17.8 Å². The van der Waals surface area contributed by atoms with Crippen molar-refractivity contribution in [1.29, 1.82) is 0 Å². The third-order valence-electron chi connectivity index (χ3n) is 3.02. The molecule has 0 aliphatic heterocycles. The molecule has 0 saturated carbocycles. The molecule has 0 spiro atoms. The first-order valence-electron chi connectivity index (χ1n) is 4.92. The molecule has 0 aromatic rings. The number of hydrogen-bond donors (Lipinski definition) is 0. The molecule has 3 atom stereocenters. The van der Waals surface area contributed by atoms with Crippen LogP contribution in [0.15, 0.2) is 12.2 Å². The van der Waals surface area contributed by atoms with Gasteiger partial charge in [-0.15, -0.1) is 0 Å². The minimum Gasteiger partial charge on any atom is -0.0854 e. The quantitative estimate of drug-likeness (QED) is 0.530. The summed E-state index contributed by atoms with van der Waals surface area (Å²) < 4.78 is 0. The van der Waals surface area contributed by atoms with Crippen molar-refractivity contribution in [2.75, 3.05) is 0 Å². The summed E-state index contributed by atoms with van der Waals surface area (Å²) in [4.78, 5) is 0. The van der Waals surface area contributed by atoms with Crippen LogP contribution in [0.3, 0.4) is 0 Å². The summed E-state index contributed by atoms with van der Waals surface area (Å²) in [5.41, 5.74) is 0. The van der Waals surface area contributed by atoms with Crippen LogP contribution >= 0.6 is 0 Å². The summed E-state index contributed by atoms with van der Waals surface area (Å²) in [5.74, 6) is 2.59. The highest BCUT2D eigenvalue weighted by Crippen LogP contribution is 2.28. The van der Waals surface area contributed by atoms with E-state index in [-0.39, 0.29) is 0 Å². The monoisotopic (exact) mass is 152 g/mol. The second kappa shape index (κ2) is 3.94. The van der Waals surface area contributed by atoms with Gasteiger partial charge in [0, 0.05) is 0 Å². The second-order valence-electron chi connectivity index (χ2n) is 3.99. The van der Waals surface area contributed by atoms with E-state index in [1.165, 1.54) is 19.3 Å². The maximum Gasteiger partial charge on any atom is -0.0208 e. The molecule has 1 rings (SSSR count). The predicted octanol–water partition coefficient (Wildman–Crippen LogP) is 3.63. The van der Waals surface area contributed by atoms with E-state index in [0.29, 0.717) is 0 Å². The zero-order valence-electron chi connectivity index (χ0n) is 8.01. The highest BCUT2D eigenvalue weighted by molar-refractivity contribution is 4.97. The van der Waals surface area contributed by atoms with Crippen molar-refractivity contribution in [3.63, 3.8) is 0 Å². The van der Waals surface area contributed by atoms with Crippen molar-refractivity contribution in [3.8, 4) is 0 Å². The molecule has 0 aromatic heterocycles. The van der Waals surface area contributed by atoms with Crippen molar-refractivity contribution >= 4 is 0 Å². The second-order valence-corrected chi connectivity index (χ2v) is 3.99. The predicted molar refractivity (Wildman–Crippen MR) is 50.5 cm³/mol. The van der Waals surface area contributed by atoms with Crippen molar-refractivity contribution in [1.82, 2.24) is 0 Å². The molecule has 64 valence electrons. The fourth-order valence-electron chi connectivity index (χ4n) is 1.76. The van der Waals surface area contributed by atoms with Crippen LogP contribution in [0.25, 0.3) is 0 Å². The van der Waals surface area contributed by atoms with E-state index in [4.69, 9.17) is 0 Å². The highest BCUT2D eigenvalue weighted by Gasteiger charge is 2.16. The zero-order chi connectivity index (χ0) is 8.27. The van der Waals surface area contributed by atoms with Crippen LogP contribution in [-0.4, -0.2) is 0 Å². The smallest absolute Gasteiger partial charge is 0.0208 e. The third-order valence-corrected chi connectivity index (χ3v) is 3.02. The Morgan fingerprint density at radius 1 is 1.36 bits per heavy atom. The van der Waals surface area contributed by atoms with E-state index in [1.807, 2.05) is 0 Å². The fourth-order valence-corrected chi connectivity index (χ4v) is 1.76. The Bertz CT molecular complexity index is 135. The van der Waals surface area contributed by atoms with Gasteiger partial charge in [-0.05, 0) is 30.6 Å². The van der Waals surface area contributed by atoms with Gasteiger partial charge in [-0.3, -0.25) is 0 Å². The van der Waals surface area contributed by atoms with Crippen LogP contribution in [-0.2, 0) is 0 Å². The number of allylic oxidation sites excluding steroid dienone is 2. The Morgan fingerprint density at radius 3 is 2.55 bits per heavy atom. The van der Waals surface area contributed by atoms with Gasteiger partial charge in [0.2, 0.25) is 0 Å². The molecule has 0 fully saturated rings. The summed E-state index contributed by atoms with van der Waals surface area (Å²) >= 11 is 0. The van der Waals surface area contributed by atoms with Crippen molar-refractivity contribution < 1.29 is 0 Å². The number of rotatable bonds is 2. The van der Waals surface area contributed by atoms with E-state index < -0.39 is 0 Å². The third kappa shape index (κ3) is 2.36. The Kier molecular flexibility index (Phi) is 3.16. The lowest BCUT2D eigenvalue weighted by atomic mass is 9.81. The highest BCUT2D eigenvalue weighted by atomic mass is 14.2. The Hall–Kier alpha value is -0.260. The average Bonchev–Trinajstić information content (AvgIpc) is 2.05. The van der Waals surface area contributed by atoms with E-state index in [0.717, 1.165) is 17.8 Å². The van der Waals surface area contributed by atoms with Gasteiger partial charge < -0.3 is 0 Å². The molecule has 0 bridgehead atoms. The SMILES string of the molecule is CCC(C)C1C=CC(C)CC1. The van der Waals surface area contributed by atoms with Crippen LogP contribution < -0.4 is 0 Å². The van der Waals surface area contributed by atoms with Crippen LogP contribution in [0.4, 0.5) is 0 Å². The molecule has 0 aromatic carbocycles.